The highest BCUT2D eigenvalue weighted by atomic mass is 16.2. The van der Waals surface area contributed by atoms with Gasteiger partial charge in [-0.2, -0.15) is 0 Å². The van der Waals surface area contributed by atoms with E-state index in [4.69, 9.17) is 0 Å². The van der Waals surface area contributed by atoms with Gasteiger partial charge in [0, 0.05) is 19.5 Å². The van der Waals surface area contributed by atoms with Gasteiger partial charge >= 0.3 is 0 Å². The van der Waals surface area contributed by atoms with Gasteiger partial charge in [-0.1, -0.05) is 45.0 Å². The minimum atomic E-state index is 0.299. The van der Waals surface area contributed by atoms with Gasteiger partial charge < -0.3 is 10.2 Å². The number of aryl methyl sites for hydroxylation is 1. The Balaban J connectivity index is 1.79. The molecule has 0 saturated carbocycles. The molecule has 1 N–H and O–H groups in total. The Morgan fingerprint density at radius 2 is 1.87 bits per heavy atom. The summed E-state index contributed by atoms with van der Waals surface area (Å²) >= 11 is 0. The van der Waals surface area contributed by atoms with Crippen LogP contribution < -0.4 is 5.32 Å². The Bertz CT molecular complexity index is 475. The average molecular weight is 316 g/mol. The lowest BCUT2D eigenvalue weighted by molar-refractivity contribution is -0.132. The van der Waals surface area contributed by atoms with Crippen LogP contribution in [-0.4, -0.2) is 37.0 Å². The fourth-order valence-corrected chi connectivity index (χ4v) is 3.33. The van der Waals surface area contributed by atoms with E-state index in [0.717, 1.165) is 51.4 Å². The summed E-state index contributed by atoms with van der Waals surface area (Å²) in [5.74, 6) is 1.35. The van der Waals surface area contributed by atoms with Crippen LogP contribution in [0.5, 0.6) is 0 Å². The highest BCUT2D eigenvalue weighted by Gasteiger charge is 2.23. The second-order valence-electron chi connectivity index (χ2n) is 6.83. The first-order valence-electron chi connectivity index (χ1n) is 9.21. The van der Waals surface area contributed by atoms with Crippen molar-refractivity contribution in [2.24, 2.45) is 5.92 Å². The quantitative estimate of drug-likeness (QED) is 0.834. The lowest BCUT2D eigenvalue weighted by atomic mass is 9.93. The molecule has 23 heavy (non-hydrogen) atoms. The highest BCUT2D eigenvalue weighted by molar-refractivity contribution is 5.77. The standard InChI is InChI=1S/C20H32N2O/c1-4-17-6-8-19(9-7-17)16(3)14-20(23)22-12-10-18(11-13-22)15-21-5-2/h6-9,16,18,21H,4-5,10-15H2,1-3H3. The molecule has 0 aromatic heterocycles. The maximum absolute atomic E-state index is 12.5. The zero-order valence-electron chi connectivity index (χ0n) is 15.0. The van der Waals surface area contributed by atoms with E-state index >= 15 is 0 Å². The van der Waals surface area contributed by atoms with Gasteiger partial charge in [0.2, 0.25) is 5.91 Å². The molecule has 1 aliphatic heterocycles. The molecule has 0 bridgehead atoms. The molecule has 0 spiro atoms. The van der Waals surface area contributed by atoms with Gasteiger partial charge in [-0.15, -0.1) is 0 Å². The Morgan fingerprint density at radius 1 is 1.22 bits per heavy atom. The zero-order chi connectivity index (χ0) is 16.7. The zero-order valence-corrected chi connectivity index (χ0v) is 15.0. The normalized spacial score (nSPS) is 17.3. The third-order valence-electron chi connectivity index (χ3n) is 5.09. The van der Waals surface area contributed by atoms with Crippen LogP contribution in [-0.2, 0) is 11.2 Å². The third kappa shape index (κ3) is 5.35. The molecule has 0 radical (unpaired) electrons. The van der Waals surface area contributed by atoms with Crippen LogP contribution in [0.4, 0.5) is 0 Å². The number of piperidine rings is 1. The fraction of sp³-hybridized carbons (Fsp3) is 0.650. The first-order chi connectivity index (χ1) is 11.1. The molecule has 1 aromatic rings. The summed E-state index contributed by atoms with van der Waals surface area (Å²) in [6, 6.07) is 8.73. The first-order valence-corrected chi connectivity index (χ1v) is 9.21. The summed E-state index contributed by atoms with van der Waals surface area (Å²) in [4.78, 5) is 14.6. The predicted octanol–water partition coefficient (Wildman–Crippen LogP) is 3.59. The first kappa shape index (κ1) is 18.0. The number of hydrogen-bond acceptors (Lipinski definition) is 2. The average Bonchev–Trinajstić information content (AvgIpc) is 2.60. The summed E-state index contributed by atoms with van der Waals surface area (Å²) in [6.45, 7) is 10.5. The SMILES string of the molecule is CCNCC1CCN(C(=O)CC(C)c2ccc(CC)cc2)CC1. The Kier molecular flexibility index (Phi) is 7.10. The number of rotatable bonds is 7. The molecule has 128 valence electrons. The lowest BCUT2D eigenvalue weighted by Crippen LogP contribution is -2.41. The number of nitrogens with zero attached hydrogens (tertiary/aromatic N) is 1. The maximum atomic E-state index is 12.5. The molecule has 2 rings (SSSR count). The summed E-state index contributed by atoms with van der Waals surface area (Å²) in [7, 11) is 0. The Hall–Kier alpha value is -1.35. The number of likely N-dealkylation sites (tertiary alicyclic amines) is 1. The molecule has 3 heteroatoms. The van der Waals surface area contributed by atoms with Crippen molar-refractivity contribution in [2.75, 3.05) is 26.2 Å². The largest absolute Gasteiger partial charge is 0.343 e. The number of hydrogen-bond donors (Lipinski definition) is 1. The third-order valence-corrected chi connectivity index (χ3v) is 5.09. The van der Waals surface area contributed by atoms with Gasteiger partial charge in [0.1, 0.15) is 0 Å². The second-order valence-corrected chi connectivity index (χ2v) is 6.83. The van der Waals surface area contributed by atoms with Crippen molar-refractivity contribution in [1.82, 2.24) is 10.2 Å². The molecule has 1 aromatic carbocycles. The minimum absolute atomic E-state index is 0.299. The molecule has 0 aliphatic carbocycles. The maximum Gasteiger partial charge on any atom is 0.223 e. The molecule has 1 fully saturated rings. The number of carbonyl (C=O) groups is 1. The van der Waals surface area contributed by atoms with E-state index in [9.17, 15) is 4.79 Å². The molecular formula is C20H32N2O. The fourth-order valence-electron chi connectivity index (χ4n) is 3.33. The molecule has 1 atom stereocenters. The predicted molar refractivity (Wildman–Crippen MR) is 96.7 cm³/mol. The van der Waals surface area contributed by atoms with Gasteiger partial charge in [0.25, 0.3) is 0 Å². The van der Waals surface area contributed by atoms with E-state index in [1.54, 1.807) is 0 Å². The smallest absolute Gasteiger partial charge is 0.223 e. The molecule has 1 aliphatic rings. The van der Waals surface area contributed by atoms with Crippen LogP contribution >= 0.6 is 0 Å². The van der Waals surface area contributed by atoms with Crippen LogP contribution in [0.3, 0.4) is 0 Å². The van der Waals surface area contributed by atoms with E-state index in [2.05, 4.69) is 55.3 Å². The number of benzene rings is 1. The van der Waals surface area contributed by atoms with Crippen molar-refractivity contribution in [2.45, 2.75) is 52.4 Å². The van der Waals surface area contributed by atoms with Crippen molar-refractivity contribution in [3.63, 3.8) is 0 Å². The summed E-state index contributed by atoms with van der Waals surface area (Å²) < 4.78 is 0. The summed E-state index contributed by atoms with van der Waals surface area (Å²) in [6.07, 6.45) is 3.97. The van der Waals surface area contributed by atoms with Crippen LogP contribution in [0.25, 0.3) is 0 Å². The molecule has 1 amide bonds. The number of carbonyl (C=O) groups excluding carboxylic acids is 1. The monoisotopic (exact) mass is 316 g/mol. The lowest BCUT2D eigenvalue weighted by Gasteiger charge is -2.32. The Labute approximate surface area is 141 Å². The highest BCUT2D eigenvalue weighted by Crippen LogP contribution is 2.23. The van der Waals surface area contributed by atoms with Crippen LogP contribution in [0.15, 0.2) is 24.3 Å². The van der Waals surface area contributed by atoms with Gasteiger partial charge in [0.05, 0.1) is 0 Å². The van der Waals surface area contributed by atoms with Crippen molar-refractivity contribution < 1.29 is 4.79 Å². The van der Waals surface area contributed by atoms with Crippen molar-refractivity contribution >= 4 is 5.91 Å². The van der Waals surface area contributed by atoms with Gasteiger partial charge in [-0.3, -0.25) is 4.79 Å². The van der Waals surface area contributed by atoms with E-state index in [1.165, 1.54) is 11.1 Å². The summed E-state index contributed by atoms with van der Waals surface area (Å²) in [5.41, 5.74) is 2.63. The van der Waals surface area contributed by atoms with Crippen LogP contribution in [0.1, 0.15) is 57.1 Å². The number of nitrogens with one attached hydrogen (secondary N) is 1. The minimum Gasteiger partial charge on any atom is -0.343 e. The van der Waals surface area contributed by atoms with Gasteiger partial charge in [-0.05, 0) is 55.3 Å². The summed E-state index contributed by atoms with van der Waals surface area (Å²) in [5, 5.41) is 3.42. The van der Waals surface area contributed by atoms with Gasteiger partial charge in [0.15, 0.2) is 0 Å². The second kappa shape index (κ2) is 9.07. The van der Waals surface area contributed by atoms with Crippen LogP contribution in [0.2, 0.25) is 0 Å². The van der Waals surface area contributed by atoms with E-state index < -0.39 is 0 Å². The van der Waals surface area contributed by atoms with Crippen molar-refractivity contribution in [3.05, 3.63) is 35.4 Å². The molecule has 1 saturated heterocycles. The molecule has 1 unspecified atom stereocenters. The molecule has 3 nitrogen and oxygen atoms in total. The molecular weight excluding hydrogens is 284 g/mol. The van der Waals surface area contributed by atoms with E-state index in [1.807, 2.05) is 0 Å². The van der Waals surface area contributed by atoms with E-state index in [0.29, 0.717) is 18.2 Å². The molecule has 1 heterocycles. The topological polar surface area (TPSA) is 32.3 Å². The van der Waals surface area contributed by atoms with E-state index in [-0.39, 0.29) is 0 Å². The number of amides is 1. The van der Waals surface area contributed by atoms with Crippen molar-refractivity contribution in [1.29, 1.82) is 0 Å². The van der Waals surface area contributed by atoms with Gasteiger partial charge in [-0.25, -0.2) is 0 Å². The Morgan fingerprint density at radius 3 is 2.43 bits per heavy atom. The van der Waals surface area contributed by atoms with Crippen molar-refractivity contribution in [3.8, 4) is 0 Å². The van der Waals surface area contributed by atoms with Crippen LogP contribution in [0, 0.1) is 5.92 Å².